The van der Waals surface area contributed by atoms with Crippen LogP contribution in [0.2, 0.25) is 0 Å². The average Bonchev–Trinajstić information content (AvgIpc) is 2.97. The Hall–Kier alpha value is -2.18. The summed E-state index contributed by atoms with van der Waals surface area (Å²) in [4.78, 5) is 23.0. The highest BCUT2D eigenvalue weighted by Crippen LogP contribution is 2.31. The van der Waals surface area contributed by atoms with Crippen LogP contribution >= 0.6 is 0 Å². The molecule has 0 spiro atoms. The molecule has 0 radical (unpaired) electrons. The molecule has 2 N–H and O–H groups in total. The van der Waals surface area contributed by atoms with E-state index in [2.05, 4.69) is 10.1 Å². The number of hydrogen-bond acceptors (Lipinski definition) is 3. The van der Waals surface area contributed by atoms with E-state index in [0.717, 1.165) is 5.56 Å². The van der Waals surface area contributed by atoms with Crippen molar-refractivity contribution >= 4 is 11.9 Å². The van der Waals surface area contributed by atoms with Crippen LogP contribution in [0.4, 0.5) is 8.78 Å². The highest BCUT2D eigenvalue weighted by atomic mass is 19.3. The van der Waals surface area contributed by atoms with Gasteiger partial charge in [0, 0.05) is 18.0 Å². The van der Waals surface area contributed by atoms with Gasteiger partial charge in [-0.15, -0.1) is 0 Å². The van der Waals surface area contributed by atoms with E-state index >= 15 is 0 Å². The molecule has 0 bridgehead atoms. The molecule has 23 heavy (non-hydrogen) atoms. The predicted molar refractivity (Wildman–Crippen MR) is 78.1 cm³/mol. The van der Waals surface area contributed by atoms with Crippen LogP contribution in [-0.2, 0) is 16.1 Å². The molecule has 0 saturated heterocycles. The zero-order valence-corrected chi connectivity index (χ0v) is 12.7. The number of carboxylic acids is 1. The second-order valence-electron chi connectivity index (χ2n) is 5.75. The van der Waals surface area contributed by atoms with Gasteiger partial charge < -0.3 is 15.2 Å². The Bertz CT molecular complexity index is 591. The van der Waals surface area contributed by atoms with Gasteiger partial charge >= 0.3 is 12.6 Å². The molecular formula is C16H19F2NO4. The second-order valence-corrected chi connectivity index (χ2v) is 5.75. The molecule has 2 atom stereocenters. The molecule has 1 aromatic rings. The summed E-state index contributed by atoms with van der Waals surface area (Å²) in [5.41, 5.74) is 1.33. The lowest BCUT2D eigenvalue weighted by Gasteiger charge is -2.14. The summed E-state index contributed by atoms with van der Waals surface area (Å²) in [7, 11) is 0. The number of halogens is 2. The maximum Gasteiger partial charge on any atom is 0.387 e. The Morgan fingerprint density at radius 1 is 1.35 bits per heavy atom. The number of carboxylic acid groups (broad SMARTS) is 1. The molecule has 0 unspecified atom stereocenters. The van der Waals surface area contributed by atoms with Crippen LogP contribution in [0.3, 0.4) is 0 Å². The largest absolute Gasteiger partial charge is 0.481 e. The Morgan fingerprint density at radius 2 is 2.04 bits per heavy atom. The van der Waals surface area contributed by atoms with Crippen molar-refractivity contribution in [3.8, 4) is 5.75 Å². The molecule has 7 heteroatoms. The number of benzene rings is 1. The fourth-order valence-electron chi connectivity index (χ4n) is 2.83. The van der Waals surface area contributed by atoms with Gasteiger partial charge in [-0.05, 0) is 32.3 Å². The lowest BCUT2D eigenvalue weighted by Crippen LogP contribution is -2.29. The molecular weight excluding hydrogens is 308 g/mol. The van der Waals surface area contributed by atoms with Gasteiger partial charge in [-0.1, -0.05) is 17.7 Å². The maximum atomic E-state index is 12.4. The number of carbonyl (C=O) groups excluding carboxylic acids is 1. The molecule has 0 heterocycles. The Kier molecular flexibility index (Phi) is 5.52. The summed E-state index contributed by atoms with van der Waals surface area (Å²) < 4.78 is 29.2. The Labute approximate surface area is 132 Å². The second kappa shape index (κ2) is 7.39. The van der Waals surface area contributed by atoms with Crippen molar-refractivity contribution in [3.05, 3.63) is 29.3 Å². The third-order valence-electron chi connectivity index (χ3n) is 4.04. The van der Waals surface area contributed by atoms with Gasteiger partial charge in [-0.3, -0.25) is 9.59 Å². The average molecular weight is 327 g/mol. The fourth-order valence-corrected chi connectivity index (χ4v) is 2.83. The van der Waals surface area contributed by atoms with E-state index in [0.29, 0.717) is 24.8 Å². The number of carbonyl (C=O) groups is 2. The van der Waals surface area contributed by atoms with Crippen LogP contribution in [0.15, 0.2) is 18.2 Å². The van der Waals surface area contributed by atoms with E-state index in [4.69, 9.17) is 5.11 Å². The van der Waals surface area contributed by atoms with Crippen molar-refractivity contribution in [3.63, 3.8) is 0 Å². The summed E-state index contributed by atoms with van der Waals surface area (Å²) in [6.45, 7) is -1.05. The molecule has 126 valence electrons. The number of aliphatic carboxylic acids is 1. The van der Waals surface area contributed by atoms with Crippen LogP contribution in [-0.4, -0.2) is 23.6 Å². The minimum absolute atomic E-state index is 0.0285. The van der Waals surface area contributed by atoms with Crippen molar-refractivity contribution in [2.24, 2.45) is 11.8 Å². The first-order valence-electron chi connectivity index (χ1n) is 7.41. The van der Waals surface area contributed by atoms with Gasteiger partial charge in [0.15, 0.2) is 0 Å². The molecule has 2 rings (SSSR count). The van der Waals surface area contributed by atoms with E-state index in [9.17, 15) is 18.4 Å². The standard InChI is InChI=1S/C16H19F2NO4/c1-9-2-5-13(23-16(17)18)12(6-9)8-19-14(20)10-3-4-11(7-10)15(21)22/h2,5-6,10-11,16H,3-4,7-8H2,1H3,(H,19,20)(H,21,22)/t10-,11+/m1/s1. The van der Waals surface area contributed by atoms with Crippen LogP contribution in [0.1, 0.15) is 30.4 Å². The first-order valence-corrected chi connectivity index (χ1v) is 7.41. The zero-order chi connectivity index (χ0) is 17.0. The highest BCUT2D eigenvalue weighted by Gasteiger charge is 2.33. The van der Waals surface area contributed by atoms with Crippen LogP contribution < -0.4 is 10.1 Å². The minimum atomic E-state index is -2.93. The van der Waals surface area contributed by atoms with Gasteiger partial charge in [0.05, 0.1) is 5.92 Å². The topological polar surface area (TPSA) is 75.6 Å². The monoisotopic (exact) mass is 327 g/mol. The number of ether oxygens (including phenoxy) is 1. The van der Waals surface area contributed by atoms with E-state index in [1.165, 1.54) is 6.07 Å². The van der Waals surface area contributed by atoms with Gasteiger partial charge in [0.1, 0.15) is 5.75 Å². The normalized spacial score (nSPS) is 20.5. The Morgan fingerprint density at radius 3 is 2.65 bits per heavy atom. The maximum absolute atomic E-state index is 12.4. The fraction of sp³-hybridized carbons (Fsp3) is 0.500. The summed E-state index contributed by atoms with van der Waals surface area (Å²) in [5, 5.41) is 11.6. The van der Waals surface area contributed by atoms with Crippen LogP contribution in [0, 0.1) is 18.8 Å². The predicted octanol–water partition coefficient (Wildman–Crippen LogP) is 2.71. The van der Waals surface area contributed by atoms with Crippen molar-refractivity contribution in [2.45, 2.75) is 39.3 Å². The minimum Gasteiger partial charge on any atom is -0.481 e. The number of rotatable bonds is 6. The molecule has 1 amide bonds. The third kappa shape index (κ3) is 4.64. The van der Waals surface area contributed by atoms with Crippen molar-refractivity contribution in [1.82, 2.24) is 5.32 Å². The van der Waals surface area contributed by atoms with Gasteiger partial charge in [-0.25, -0.2) is 0 Å². The van der Waals surface area contributed by atoms with Crippen LogP contribution in [0.25, 0.3) is 0 Å². The summed E-state index contributed by atoms with van der Waals surface area (Å²) in [5.74, 6) is -1.94. The Balaban J connectivity index is 1.96. The molecule has 1 saturated carbocycles. The lowest BCUT2D eigenvalue weighted by atomic mass is 10.0. The highest BCUT2D eigenvalue weighted by molar-refractivity contribution is 5.80. The number of aryl methyl sites for hydroxylation is 1. The number of amides is 1. The number of hydrogen-bond donors (Lipinski definition) is 2. The lowest BCUT2D eigenvalue weighted by molar-refractivity contribution is -0.141. The molecule has 0 aliphatic heterocycles. The summed E-state index contributed by atoms with van der Waals surface area (Å²) in [6, 6.07) is 4.77. The smallest absolute Gasteiger partial charge is 0.387 e. The van der Waals surface area contributed by atoms with Gasteiger partial charge in [0.25, 0.3) is 0 Å². The van der Waals surface area contributed by atoms with E-state index in [1.807, 2.05) is 6.92 Å². The molecule has 1 fully saturated rings. The number of alkyl halides is 2. The quantitative estimate of drug-likeness (QED) is 0.842. The molecule has 5 nitrogen and oxygen atoms in total. The first-order chi connectivity index (χ1) is 10.9. The van der Waals surface area contributed by atoms with Crippen molar-refractivity contribution in [2.75, 3.05) is 0 Å². The summed E-state index contributed by atoms with van der Waals surface area (Å²) >= 11 is 0. The van der Waals surface area contributed by atoms with E-state index < -0.39 is 18.5 Å². The third-order valence-corrected chi connectivity index (χ3v) is 4.04. The SMILES string of the molecule is Cc1ccc(OC(F)F)c(CNC(=O)[C@@H]2CC[C@H](C(=O)O)C2)c1. The first kappa shape index (κ1) is 17.2. The summed E-state index contributed by atoms with van der Waals surface area (Å²) in [6.07, 6.45) is 1.32. The van der Waals surface area contributed by atoms with Crippen molar-refractivity contribution in [1.29, 1.82) is 0 Å². The van der Waals surface area contributed by atoms with Gasteiger partial charge in [0.2, 0.25) is 5.91 Å². The molecule has 1 aliphatic carbocycles. The van der Waals surface area contributed by atoms with Crippen molar-refractivity contribution < 1.29 is 28.2 Å². The molecule has 1 aromatic carbocycles. The van der Waals surface area contributed by atoms with E-state index in [-0.39, 0.29) is 24.1 Å². The zero-order valence-electron chi connectivity index (χ0n) is 12.7. The molecule has 0 aromatic heterocycles. The molecule has 1 aliphatic rings. The van der Waals surface area contributed by atoms with Gasteiger partial charge in [-0.2, -0.15) is 8.78 Å². The number of nitrogens with one attached hydrogen (secondary N) is 1. The van der Waals surface area contributed by atoms with Crippen LogP contribution in [0.5, 0.6) is 5.75 Å². The van der Waals surface area contributed by atoms with E-state index in [1.54, 1.807) is 12.1 Å².